The zero-order valence-electron chi connectivity index (χ0n) is 15.0. The predicted molar refractivity (Wildman–Crippen MR) is 95.6 cm³/mol. The Hall–Kier alpha value is -1.92. The number of aromatic nitrogens is 1. The molecule has 0 unspecified atom stereocenters. The number of piperidine rings is 3. The monoisotopic (exact) mass is 373 g/mol. The quantitative estimate of drug-likeness (QED) is 0.820. The Morgan fingerprint density at radius 3 is 2.52 bits per heavy atom. The second kappa shape index (κ2) is 6.60. The molecule has 1 aromatic heterocycles. The van der Waals surface area contributed by atoms with Crippen molar-refractivity contribution < 1.29 is 13.2 Å². The number of halogens is 3. The van der Waals surface area contributed by atoms with Gasteiger partial charge in [0.25, 0.3) is 0 Å². The summed E-state index contributed by atoms with van der Waals surface area (Å²) in [5.74, 6) is -1.44. The van der Waals surface area contributed by atoms with Gasteiger partial charge in [-0.25, -0.2) is 13.2 Å². The molecule has 0 N–H and O–H groups in total. The van der Waals surface area contributed by atoms with Gasteiger partial charge < -0.3 is 0 Å². The molecule has 4 fully saturated rings. The molecular formula is C21H22F3N3. The number of rotatable bonds is 3. The van der Waals surface area contributed by atoms with Crippen LogP contribution < -0.4 is 0 Å². The Morgan fingerprint density at radius 2 is 1.74 bits per heavy atom. The standard InChI is InChI=1S/C21H22F3N3/c22-16-5-2-8-25-18(16)12-27-11-15(14-3-1-4-17(23)19(14)24)21-20(27)13-6-9-26(21)10-7-13/h1-5,8,13,15,20-21H,6-7,9-12H2/t15-,20-,21-/m1/s1. The Morgan fingerprint density at radius 1 is 0.963 bits per heavy atom. The lowest BCUT2D eigenvalue weighted by atomic mass is 9.75. The number of hydrogen-bond acceptors (Lipinski definition) is 3. The maximum Gasteiger partial charge on any atom is 0.162 e. The summed E-state index contributed by atoms with van der Waals surface area (Å²) in [6.07, 6.45) is 3.83. The van der Waals surface area contributed by atoms with E-state index < -0.39 is 11.6 Å². The fourth-order valence-corrected chi connectivity index (χ4v) is 5.53. The first-order chi connectivity index (χ1) is 13.1. The molecule has 0 radical (unpaired) electrons. The molecule has 0 aliphatic carbocycles. The van der Waals surface area contributed by atoms with Crippen molar-refractivity contribution in [1.82, 2.24) is 14.8 Å². The van der Waals surface area contributed by atoms with E-state index in [1.807, 2.05) is 0 Å². The highest BCUT2D eigenvalue weighted by atomic mass is 19.2. The average molecular weight is 373 g/mol. The lowest BCUT2D eigenvalue weighted by molar-refractivity contribution is -0.00942. The topological polar surface area (TPSA) is 19.4 Å². The van der Waals surface area contributed by atoms with Gasteiger partial charge in [0, 0.05) is 37.3 Å². The summed E-state index contributed by atoms with van der Waals surface area (Å²) in [5.41, 5.74) is 0.870. The number of pyridine rings is 1. The first-order valence-corrected chi connectivity index (χ1v) is 9.65. The van der Waals surface area contributed by atoms with Crippen molar-refractivity contribution in [3.8, 4) is 0 Å². The molecule has 0 spiro atoms. The molecule has 0 saturated carbocycles. The summed E-state index contributed by atoms with van der Waals surface area (Å²) in [6, 6.07) is 7.86. The van der Waals surface area contributed by atoms with Crippen LogP contribution in [0.5, 0.6) is 0 Å². The molecule has 4 aliphatic heterocycles. The molecule has 2 bridgehead atoms. The van der Waals surface area contributed by atoms with Crippen molar-refractivity contribution in [2.75, 3.05) is 19.6 Å². The largest absolute Gasteiger partial charge is 0.298 e. The fourth-order valence-electron chi connectivity index (χ4n) is 5.53. The summed E-state index contributed by atoms with van der Waals surface area (Å²) < 4.78 is 42.7. The van der Waals surface area contributed by atoms with E-state index in [1.165, 1.54) is 12.1 Å². The average Bonchev–Trinajstić information content (AvgIpc) is 3.08. The Bertz CT molecular complexity index is 850. The zero-order chi connectivity index (χ0) is 18.5. The van der Waals surface area contributed by atoms with Crippen LogP contribution in [0.1, 0.15) is 30.0 Å². The van der Waals surface area contributed by atoms with Gasteiger partial charge in [0.15, 0.2) is 11.6 Å². The molecule has 3 atom stereocenters. The molecular weight excluding hydrogens is 351 g/mol. The van der Waals surface area contributed by atoms with E-state index >= 15 is 0 Å². The molecule has 4 aliphatic rings. The van der Waals surface area contributed by atoms with Crippen molar-refractivity contribution in [2.45, 2.75) is 37.4 Å². The van der Waals surface area contributed by atoms with E-state index in [1.54, 1.807) is 24.4 Å². The molecule has 2 aromatic rings. The molecule has 3 nitrogen and oxygen atoms in total. The van der Waals surface area contributed by atoms with Crippen molar-refractivity contribution in [3.05, 3.63) is 65.2 Å². The Balaban J connectivity index is 1.52. The van der Waals surface area contributed by atoms with E-state index in [2.05, 4.69) is 14.8 Å². The smallest absolute Gasteiger partial charge is 0.162 e. The molecule has 6 rings (SSSR count). The van der Waals surface area contributed by atoms with E-state index in [0.29, 0.717) is 30.3 Å². The summed E-state index contributed by atoms with van der Waals surface area (Å²) in [4.78, 5) is 8.88. The third-order valence-corrected chi connectivity index (χ3v) is 6.66. The Kier molecular flexibility index (Phi) is 4.20. The Labute approximate surface area is 156 Å². The number of nitrogens with zero attached hydrogens (tertiary/aromatic N) is 3. The van der Waals surface area contributed by atoms with Gasteiger partial charge >= 0.3 is 0 Å². The SMILES string of the molecule is Fc1cccnc1CN1C[C@H](c2cccc(F)c2F)[C@@H]2[C@H]1C1CCN2CC1. The fraction of sp³-hybridized carbons (Fsp3) is 0.476. The van der Waals surface area contributed by atoms with Gasteiger partial charge in [0.1, 0.15) is 5.82 Å². The van der Waals surface area contributed by atoms with Crippen molar-refractivity contribution >= 4 is 0 Å². The van der Waals surface area contributed by atoms with E-state index in [-0.39, 0.29) is 23.8 Å². The summed E-state index contributed by atoms with van der Waals surface area (Å²) >= 11 is 0. The zero-order valence-corrected chi connectivity index (χ0v) is 15.0. The highest BCUT2D eigenvalue weighted by molar-refractivity contribution is 5.29. The van der Waals surface area contributed by atoms with E-state index in [4.69, 9.17) is 0 Å². The molecule has 0 amide bonds. The van der Waals surface area contributed by atoms with Crippen LogP contribution in [0.4, 0.5) is 13.2 Å². The van der Waals surface area contributed by atoms with Crippen LogP contribution >= 0.6 is 0 Å². The lowest BCUT2D eigenvalue weighted by Crippen LogP contribution is -2.60. The highest BCUT2D eigenvalue weighted by Gasteiger charge is 2.53. The first-order valence-electron chi connectivity index (χ1n) is 9.65. The van der Waals surface area contributed by atoms with Crippen LogP contribution in [0.3, 0.4) is 0 Å². The highest BCUT2D eigenvalue weighted by Crippen LogP contribution is 2.47. The lowest BCUT2D eigenvalue weighted by Gasteiger charge is -2.51. The summed E-state index contributed by atoms with van der Waals surface area (Å²) in [7, 11) is 0. The van der Waals surface area contributed by atoms with Crippen LogP contribution in [-0.2, 0) is 6.54 Å². The number of likely N-dealkylation sites (tertiary alicyclic amines) is 1. The molecule has 6 heteroatoms. The van der Waals surface area contributed by atoms with Crippen LogP contribution in [0, 0.1) is 23.4 Å². The minimum Gasteiger partial charge on any atom is -0.298 e. The van der Waals surface area contributed by atoms with E-state index in [9.17, 15) is 13.2 Å². The van der Waals surface area contributed by atoms with Gasteiger partial charge in [-0.1, -0.05) is 12.1 Å². The van der Waals surface area contributed by atoms with Crippen LogP contribution in [0.25, 0.3) is 0 Å². The second-order valence-corrected chi connectivity index (χ2v) is 7.97. The van der Waals surface area contributed by atoms with Gasteiger partial charge in [0.2, 0.25) is 0 Å². The van der Waals surface area contributed by atoms with Crippen LogP contribution in [0.15, 0.2) is 36.5 Å². The normalized spacial score (nSPS) is 32.6. The second-order valence-electron chi connectivity index (χ2n) is 7.97. The maximum atomic E-state index is 14.6. The van der Waals surface area contributed by atoms with E-state index in [0.717, 1.165) is 25.9 Å². The molecule has 5 heterocycles. The summed E-state index contributed by atoms with van der Waals surface area (Å²) in [5, 5.41) is 0. The molecule has 142 valence electrons. The number of fused-ring (bicyclic) bond motifs is 2. The third kappa shape index (κ3) is 2.77. The number of benzene rings is 1. The van der Waals surface area contributed by atoms with Crippen LogP contribution in [-0.4, -0.2) is 46.5 Å². The first kappa shape index (κ1) is 17.2. The van der Waals surface area contributed by atoms with Crippen molar-refractivity contribution in [3.63, 3.8) is 0 Å². The van der Waals surface area contributed by atoms with Crippen molar-refractivity contribution in [2.24, 2.45) is 5.92 Å². The third-order valence-electron chi connectivity index (χ3n) is 6.66. The van der Waals surface area contributed by atoms with Crippen LogP contribution in [0.2, 0.25) is 0 Å². The summed E-state index contributed by atoms with van der Waals surface area (Å²) in [6.45, 7) is 3.01. The van der Waals surface area contributed by atoms with Gasteiger partial charge in [-0.2, -0.15) is 0 Å². The predicted octanol–water partition coefficient (Wildman–Crippen LogP) is 3.56. The van der Waals surface area contributed by atoms with Gasteiger partial charge in [-0.15, -0.1) is 0 Å². The molecule has 4 saturated heterocycles. The van der Waals surface area contributed by atoms with Crippen molar-refractivity contribution in [1.29, 1.82) is 0 Å². The minimum absolute atomic E-state index is 0.111. The number of hydrogen-bond donors (Lipinski definition) is 0. The molecule has 27 heavy (non-hydrogen) atoms. The van der Waals surface area contributed by atoms with Gasteiger partial charge in [-0.3, -0.25) is 14.8 Å². The minimum atomic E-state index is -0.797. The maximum absolute atomic E-state index is 14.6. The van der Waals surface area contributed by atoms with Gasteiger partial charge in [-0.05, 0) is 55.6 Å². The molecule has 1 aromatic carbocycles. The van der Waals surface area contributed by atoms with Gasteiger partial charge in [0.05, 0.1) is 5.69 Å².